The number of carbonyl (C=O) groups is 3. The van der Waals surface area contributed by atoms with E-state index < -0.39 is 12.0 Å². The average molecular weight is 421 g/mol. The third kappa shape index (κ3) is 4.07. The van der Waals surface area contributed by atoms with E-state index in [0.717, 1.165) is 22.3 Å². The minimum atomic E-state index is -1.05. The van der Waals surface area contributed by atoms with Gasteiger partial charge in [0.25, 0.3) is 5.91 Å². The molecule has 160 valence electrons. The van der Waals surface area contributed by atoms with E-state index in [4.69, 9.17) is 5.11 Å². The number of rotatable bonds is 5. The molecule has 9 heteroatoms. The van der Waals surface area contributed by atoms with Crippen molar-refractivity contribution >= 4 is 34.5 Å². The fourth-order valence-electron chi connectivity index (χ4n) is 3.84. The Morgan fingerprint density at radius 1 is 1.26 bits per heavy atom. The van der Waals surface area contributed by atoms with Gasteiger partial charge in [0.1, 0.15) is 11.9 Å². The smallest absolute Gasteiger partial charge is 0.305 e. The number of carbonyl (C=O) groups excluding carboxylic acids is 2. The second-order valence-corrected chi connectivity index (χ2v) is 7.65. The molecule has 0 fully saturated rings. The first-order valence-electron chi connectivity index (χ1n) is 9.88. The maximum Gasteiger partial charge on any atom is 0.305 e. The Morgan fingerprint density at radius 3 is 2.77 bits per heavy atom. The summed E-state index contributed by atoms with van der Waals surface area (Å²) >= 11 is 0. The zero-order valence-electron chi connectivity index (χ0n) is 17.3. The molecule has 0 bridgehead atoms. The number of para-hydroxylation sites is 2. The van der Waals surface area contributed by atoms with Gasteiger partial charge in [-0.3, -0.25) is 14.4 Å². The Morgan fingerprint density at radius 2 is 2.03 bits per heavy atom. The van der Waals surface area contributed by atoms with Crippen molar-refractivity contribution in [1.29, 1.82) is 0 Å². The van der Waals surface area contributed by atoms with Crippen LogP contribution in [0.25, 0.3) is 11.0 Å². The molecule has 1 aromatic heterocycles. The van der Waals surface area contributed by atoms with Crippen LogP contribution < -0.4 is 10.2 Å². The van der Waals surface area contributed by atoms with Crippen LogP contribution in [0.2, 0.25) is 0 Å². The molecule has 4 rings (SSSR count). The van der Waals surface area contributed by atoms with E-state index in [9.17, 15) is 14.4 Å². The van der Waals surface area contributed by atoms with Crippen LogP contribution >= 0.6 is 0 Å². The van der Waals surface area contributed by atoms with Crippen LogP contribution in [-0.4, -0.2) is 57.9 Å². The number of nitrogens with one attached hydrogen (secondary N) is 2. The van der Waals surface area contributed by atoms with Gasteiger partial charge in [0.2, 0.25) is 5.91 Å². The largest absolute Gasteiger partial charge is 0.481 e. The van der Waals surface area contributed by atoms with Crippen molar-refractivity contribution in [3.8, 4) is 0 Å². The van der Waals surface area contributed by atoms with Gasteiger partial charge in [0.15, 0.2) is 0 Å². The van der Waals surface area contributed by atoms with Crippen molar-refractivity contribution in [2.45, 2.75) is 25.6 Å². The Labute approximate surface area is 178 Å². The second kappa shape index (κ2) is 8.10. The summed E-state index contributed by atoms with van der Waals surface area (Å²) in [5.74, 6) is -0.885. The molecule has 1 aliphatic rings. The number of likely N-dealkylation sites (N-methyl/N-ethyl adjacent to an activating group) is 1. The van der Waals surface area contributed by atoms with E-state index >= 15 is 0 Å². The molecule has 0 aliphatic carbocycles. The fraction of sp³-hybridized carbons (Fsp3) is 0.273. The molecule has 2 heterocycles. The predicted molar refractivity (Wildman–Crippen MR) is 115 cm³/mol. The highest BCUT2D eigenvalue weighted by Crippen LogP contribution is 2.27. The number of anilines is 1. The lowest BCUT2D eigenvalue weighted by atomic mass is 10.1. The Hall–Kier alpha value is -3.88. The van der Waals surface area contributed by atoms with Gasteiger partial charge in [-0.1, -0.05) is 12.1 Å². The number of aliphatic carboxylic acids is 1. The maximum absolute atomic E-state index is 13.0. The Balaban J connectivity index is 1.54. The minimum Gasteiger partial charge on any atom is -0.481 e. The summed E-state index contributed by atoms with van der Waals surface area (Å²) < 4.78 is 0. The molecule has 3 aromatic rings. The van der Waals surface area contributed by atoms with Crippen molar-refractivity contribution < 1.29 is 19.5 Å². The molecule has 3 N–H and O–H groups in total. The van der Waals surface area contributed by atoms with Crippen molar-refractivity contribution in [3.05, 3.63) is 59.4 Å². The molecule has 0 radical (unpaired) electrons. The average Bonchev–Trinajstić information content (AvgIpc) is 3.12. The third-order valence-corrected chi connectivity index (χ3v) is 5.47. The normalized spacial score (nSPS) is 15.9. The number of hydrogen-bond acceptors (Lipinski definition) is 5. The minimum absolute atomic E-state index is 0.177. The molecule has 31 heavy (non-hydrogen) atoms. The summed E-state index contributed by atoms with van der Waals surface area (Å²) in [6.07, 6.45) is -0.303. The van der Waals surface area contributed by atoms with E-state index in [2.05, 4.69) is 15.3 Å². The highest BCUT2D eigenvalue weighted by atomic mass is 16.4. The van der Waals surface area contributed by atoms with Crippen molar-refractivity contribution in [3.63, 3.8) is 0 Å². The predicted octanol–water partition coefficient (Wildman–Crippen LogP) is 1.74. The Kier molecular flexibility index (Phi) is 5.33. The molecule has 0 saturated heterocycles. The highest BCUT2D eigenvalue weighted by Gasteiger charge is 2.30. The summed E-state index contributed by atoms with van der Waals surface area (Å²) in [4.78, 5) is 47.4. The first-order chi connectivity index (χ1) is 14.8. The summed E-state index contributed by atoms with van der Waals surface area (Å²) in [5.41, 5.74) is 3.72. The number of hydrogen-bond donors (Lipinski definition) is 3. The SMILES string of the molecule is CN(Cc1nc2ccccc2[nH]1)C(=O)c1ccc2c(c1)CNC(=O)[C@H](CC(=O)O)N2C. The van der Waals surface area contributed by atoms with Crippen molar-refractivity contribution in [1.82, 2.24) is 20.2 Å². The van der Waals surface area contributed by atoms with Gasteiger partial charge in [-0.2, -0.15) is 0 Å². The quantitative estimate of drug-likeness (QED) is 0.578. The molecule has 9 nitrogen and oxygen atoms in total. The van der Waals surface area contributed by atoms with Gasteiger partial charge in [-0.05, 0) is 35.9 Å². The van der Waals surface area contributed by atoms with Crippen LogP contribution in [0.4, 0.5) is 5.69 Å². The number of carboxylic acid groups (broad SMARTS) is 1. The van der Waals surface area contributed by atoms with E-state index in [0.29, 0.717) is 17.9 Å². The summed E-state index contributed by atoms with van der Waals surface area (Å²) in [7, 11) is 3.39. The lowest BCUT2D eigenvalue weighted by Crippen LogP contribution is -2.44. The monoisotopic (exact) mass is 421 g/mol. The van der Waals surface area contributed by atoms with E-state index in [1.165, 1.54) is 0 Å². The molecular formula is C22H23N5O4. The third-order valence-electron chi connectivity index (χ3n) is 5.47. The van der Waals surface area contributed by atoms with Gasteiger partial charge in [0.05, 0.1) is 24.0 Å². The number of nitrogens with zero attached hydrogens (tertiary/aromatic N) is 3. The molecule has 0 spiro atoms. The first-order valence-corrected chi connectivity index (χ1v) is 9.88. The lowest BCUT2D eigenvalue weighted by Gasteiger charge is -2.26. The fourth-order valence-corrected chi connectivity index (χ4v) is 3.84. The summed E-state index contributed by atoms with van der Waals surface area (Å²) in [6, 6.07) is 12.1. The number of carboxylic acids is 1. The number of benzene rings is 2. The van der Waals surface area contributed by atoms with Crippen LogP contribution in [0, 0.1) is 0 Å². The van der Waals surface area contributed by atoms with Gasteiger partial charge in [-0.15, -0.1) is 0 Å². The number of amides is 2. The van der Waals surface area contributed by atoms with Crippen LogP contribution in [0.3, 0.4) is 0 Å². The van der Waals surface area contributed by atoms with Gasteiger partial charge in [0, 0.05) is 31.9 Å². The molecule has 0 saturated carbocycles. The molecular weight excluding hydrogens is 398 g/mol. The van der Waals surface area contributed by atoms with Crippen molar-refractivity contribution in [2.75, 3.05) is 19.0 Å². The van der Waals surface area contributed by atoms with Gasteiger partial charge in [-0.25, -0.2) is 4.98 Å². The molecule has 2 aromatic carbocycles. The number of aromatic nitrogens is 2. The Bertz CT molecular complexity index is 1140. The van der Waals surface area contributed by atoms with Crippen LogP contribution in [0.1, 0.15) is 28.2 Å². The number of fused-ring (bicyclic) bond motifs is 2. The number of H-pyrrole nitrogens is 1. The van der Waals surface area contributed by atoms with E-state index in [1.807, 2.05) is 24.3 Å². The summed E-state index contributed by atoms with van der Waals surface area (Å²) in [6.45, 7) is 0.547. The lowest BCUT2D eigenvalue weighted by molar-refractivity contribution is -0.139. The molecule has 1 atom stereocenters. The molecule has 0 unspecified atom stereocenters. The van der Waals surface area contributed by atoms with Crippen molar-refractivity contribution in [2.24, 2.45) is 0 Å². The molecule has 2 amide bonds. The number of imidazole rings is 1. The van der Waals surface area contributed by atoms with Crippen LogP contribution in [0.5, 0.6) is 0 Å². The number of aromatic amines is 1. The second-order valence-electron chi connectivity index (χ2n) is 7.65. The standard InChI is InChI=1S/C22H23N5O4/c1-26(12-19-24-15-5-3-4-6-16(15)25-19)22(31)13-7-8-17-14(9-13)11-23-21(30)18(27(17)2)10-20(28)29/h3-9,18H,10-12H2,1-2H3,(H,23,30)(H,24,25)(H,28,29)/t18-/m0/s1. The zero-order chi connectivity index (χ0) is 22.1. The highest BCUT2D eigenvalue weighted by molar-refractivity contribution is 5.96. The van der Waals surface area contributed by atoms with E-state index in [-0.39, 0.29) is 24.8 Å². The molecule has 1 aliphatic heterocycles. The van der Waals surface area contributed by atoms with E-state index in [1.54, 1.807) is 42.1 Å². The van der Waals surface area contributed by atoms with Gasteiger partial charge >= 0.3 is 5.97 Å². The summed E-state index contributed by atoms with van der Waals surface area (Å²) in [5, 5.41) is 11.9. The van der Waals surface area contributed by atoms with Crippen LogP contribution in [-0.2, 0) is 22.7 Å². The van der Waals surface area contributed by atoms with Crippen LogP contribution in [0.15, 0.2) is 42.5 Å². The van der Waals surface area contributed by atoms with Gasteiger partial charge < -0.3 is 25.2 Å². The first kappa shape index (κ1) is 20.4. The topological polar surface area (TPSA) is 119 Å². The maximum atomic E-state index is 13.0. The zero-order valence-corrected chi connectivity index (χ0v) is 17.3.